The largest absolute Gasteiger partial charge is 0.313 e. The van der Waals surface area contributed by atoms with Crippen molar-refractivity contribution in [3.8, 4) is 0 Å². The lowest BCUT2D eigenvalue weighted by Gasteiger charge is -2.39. The summed E-state index contributed by atoms with van der Waals surface area (Å²) < 4.78 is 0. The highest BCUT2D eigenvalue weighted by Gasteiger charge is 2.35. The second-order valence-electron chi connectivity index (χ2n) is 5.94. The molecule has 0 radical (unpaired) electrons. The lowest BCUT2D eigenvalue weighted by Crippen LogP contribution is -2.47. The van der Waals surface area contributed by atoms with E-state index < -0.39 is 0 Å². The van der Waals surface area contributed by atoms with Gasteiger partial charge in [0.25, 0.3) is 0 Å². The Morgan fingerprint density at radius 2 is 1.89 bits per heavy atom. The lowest BCUT2D eigenvalue weighted by atomic mass is 9.95. The van der Waals surface area contributed by atoms with E-state index >= 15 is 0 Å². The predicted octanol–water partition coefficient (Wildman–Crippen LogP) is 4.17. The number of rotatable bonds is 5. The van der Waals surface area contributed by atoms with Gasteiger partial charge >= 0.3 is 0 Å². The van der Waals surface area contributed by atoms with Crippen LogP contribution in [0, 0.1) is 5.92 Å². The van der Waals surface area contributed by atoms with E-state index in [0.717, 1.165) is 27.7 Å². The Balaban J connectivity index is 1.94. The topological polar surface area (TPSA) is 12.0 Å². The fourth-order valence-electron chi connectivity index (χ4n) is 3.23. The third-order valence-electron chi connectivity index (χ3n) is 4.51. The van der Waals surface area contributed by atoms with Crippen LogP contribution in [0.5, 0.6) is 0 Å². The molecule has 2 fully saturated rings. The van der Waals surface area contributed by atoms with Crippen LogP contribution < -0.4 is 5.32 Å². The van der Waals surface area contributed by atoms with Gasteiger partial charge in [-0.15, -0.1) is 0 Å². The lowest BCUT2D eigenvalue weighted by molar-refractivity contribution is 0.357. The summed E-state index contributed by atoms with van der Waals surface area (Å²) in [5, 5.41) is 6.38. The van der Waals surface area contributed by atoms with Gasteiger partial charge in [0.1, 0.15) is 0 Å². The van der Waals surface area contributed by atoms with E-state index in [9.17, 15) is 0 Å². The molecule has 1 nitrogen and oxygen atoms in total. The van der Waals surface area contributed by atoms with Crippen LogP contribution in [0.3, 0.4) is 0 Å². The van der Waals surface area contributed by atoms with Crippen molar-refractivity contribution in [2.75, 3.05) is 12.3 Å². The molecular weight excluding hydrogens is 258 g/mol. The van der Waals surface area contributed by atoms with E-state index in [1.165, 1.54) is 44.4 Å². The normalized spacial score (nSPS) is 35.8. The minimum Gasteiger partial charge on any atom is -0.313 e. The van der Waals surface area contributed by atoms with Crippen molar-refractivity contribution in [2.45, 2.75) is 74.7 Å². The maximum absolute atomic E-state index is 3.88. The Bertz CT molecular complexity index is 241. The fraction of sp³-hybridized carbons (Fsp3) is 1.00. The molecule has 0 aromatic carbocycles. The van der Waals surface area contributed by atoms with Gasteiger partial charge in [0, 0.05) is 27.5 Å². The Morgan fingerprint density at radius 1 is 1.17 bits per heavy atom. The number of nitrogens with one attached hydrogen (secondary N) is 1. The molecule has 2 aliphatic rings. The number of hydrogen-bond acceptors (Lipinski definition) is 3. The van der Waals surface area contributed by atoms with Crippen molar-refractivity contribution in [3.63, 3.8) is 0 Å². The highest BCUT2D eigenvalue weighted by molar-refractivity contribution is 8.07. The molecule has 18 heavy (non-hydrogen) atoms. The van der Waals surface area contributed by atoms with Crippen molar-refractivity contribution in [1.29, 1.82) is 0 Å². The summed E-state index contributed by atoms with van der Waals surface area (Å²) in [7, 11) is 0. The Kier molecular flexibility index (Phi) is 6.23. The van der Waals surface area contributed by atoms with Crippen LogP contribution in [-0.2, 0) is 0 Å². The van der Waals surface area contributed by atoms with E-state index in [1.54, 1.807) is 0 Å². The first-order valence-electron chi connectivity index (χ1n) is 7.72. The predicted molar refractivity (Wildman–Crippen MR) is 86.8 cm³/mol. The highest BCUT2D eigenvalue weighted by atomic mass is 32.2. The average molecular weight is 288 g/mol. The van der Waals surface area contributed by atoms with Gasteiger partial charge in [0.05, 0.1) is 0 Å². The summed E-state index contributed by atoms with van der Waals surface area (Å²) in [6.07, 6.45) is 7.12. The third kappa shape index (κ3) is 3.83. The van der Waals surface area contributed by atoms with Crippen molar-refractivity contribution < 1.29 is 0 Å². The molecule has 0 aromatic heterocycles. The summed E-state index contributed by atoms with van der Waals surface area (Å²) in [4.78, 5) is 0. The molecule has 0 amide bonds. The molecule has 1 heterocycles. The first kappa shape index (κ1) is 15.1. The van der Waals surface area contributed by atoms with Crippen LogP contribution in [0.15, 0.2) is 0 Å². The smallest absolute Gasteiger partial charge is 0.0297 e. The van der Waals surface area contributed by atoms with Crippen LogP contribution in [0.1, 0.15) is 52.9 Å². The Hall–Kier alpha value is 0.660. The molecular formula is C15H29NS2. The summed E-state index contributed by atoms with van der Waals surface area (Å²) in [6.45, 7) is 8.29. The Morgan fingerprint density at radius 3 is 2.50 bits per heavy atom. The second-order valence-corrected chi connectivity index (χ2v) is 8.97. The summed E-state index contributed by atoms with van der Waals surface area (Å²) >= 11 is 4.45. The first-order chi connectivity index (χ1) is 8.72. The van der Waals surface area contributed by atoms with Crippen molar-refractivity contribution in [3.05, 3.63) is 0 Å². The first-order valence-corrected chi connectivity index (χ1v) is 9.72. The van der Waals surface area contributed by atoms with Gasteiger partial charge in [0.2, 0.25) is 0 Å². The molecule has 1 aliphatic carbocycles. The molecule has 4 atom stereocenters. The minimum atomic E-state index is 0.778. The van der Waals surface area contributed by atoms with E-state index in [-0.39, 0.29) is 0 Å². The van der Waals surface area contributed by atoms with Gasteiger partial charge in [-0.3, -0.25) is 0 Å². The molecule has 1 N–H and O–H groups in total. The molecule has 0 spiro atoms. The Labute approximate surface area is 122 Å². The van der Waals surface area contributed by atoms with Crippen LogP contribution in [0.2, 0.25) is 0 Å². The average Bonchev–Trinajstić information content (AvgIpc) is 2.88. The molecule has 4 unspecified atom stereocenters. The van der Waals surface area contributed by atoms with Gasteiger partial charge < -0.3 is 5.32 Å². The van der Waals surface area contributed by atoms with Gasteiger partial charge in [-0.2, -0.15) is 23.5 Å². The number of thioether (sulfide) groups is 2. The zero-order chi connectivity index (χ0) is 13.0. The van der Waals surface area contributed by atoms with Gasteiger partial charge in [0.15, 0.2) is 0 Å². The maximum atomic E-state index is 3.88. The molecule has 106 valence electrons. The monoisotopic (exact) mass is 287 g/mol. The van der Waals surface area contributed by atoms with Gasteiger partial charge in [-0.1, -0.05) is 33.6 Å². The minimum absolute atomic E-state index is 0.778. The van der Waals surface area contributed by atoms with Crippen LogP contribution in [0.4, 0.5) is 0 Å². The van der Waals surface area contributed by atoms with Gasteiger partial charge in [-0.05, 0) is 31.7 Å². The molecule has 0 aromatic rings. The molecule has 0 bridgehead atoms. The van der Waals surface area contributed by atoms with Crippen molar-refractivity contribution >= 4 is 23.5 Å². The van der Waals surface area contributed by atoms with Crippen LogP contribution >= 0.6 is 23.5 Å². The zero-order valence-corrected chi connectivity index (χ0v) is 13.8. The summed E-state index contributed by atoms with van der Waals surface area (Å²) in [5.74, 6) is 2.31. The summed E-state index contributed by atoms with van der Waals surface area (Å²) in [6, 6.07) is 0.778. The second kappa shape index (κ2) is 7.44. The fourth-order valence-corrected chi connectivity index (χ4v) is 6.44. The highest BCUT2D eigenvalue weighted by Crippen LogP contribution is 2.41. The number of hydrogen-bond donors (Lipinski definition) is 1. The third-order valence-corrected chi connectivity index (χ3v) is 8.03. The van der Waals surface area contributed by atoms with Gasteiger partial charge in [-0.25, -0.2) is 0 Å². The van der Waals surface area contributed by atoms with Crippen molar-refractivity contribution in [2.24, 2.45) is 5.92 Å². The zero-order valence-electron chi connectivity index (χ0n) is 12.2. The van der Waals surface area contributed by atoms with Crippen LogP contribution in [0.25, 0.3) is 0 Å². The molecule has 1 aliphatic heterocycles. The van der Waals surface area contributed by atoms with Crippen LogP contribution in [-0.4, -0.2) is 34.1 Å². The van der Waals surface area contributed by atoms with E-state index in [2.05, 4.69) is 49.6 Å². The molecule has 1 saturated carbocycles. The van der Waals surface area contributed by atoms with E-state index in [4.69, 9.17) is 0 Å². The summed E-state index contributed by atoms with van der Waals surface area (Å²) in [5.41, 5.74) is 0. The van der Waals surface area contributed by atoms with Crippen molar-refractivity contribution in [1.82, 2.24) is 5.32 Å². The molecule has 3 heteroatoms. The quantitative estimate of drug-likeness (QED) is 0.815. The molecule has 2 rings (SSSR count). The SMILES string of the molecule is CCCNC(C1CCCC1)C1CSC(C)C(C)S1. The standard InChI is InChI=1S/C15H29NS2/c1-4-9-16-15(13-7-5-6-8-13)14-10-17-11(2)12(3)18-14/h11-16H,4-10H2,1-3H3. The molecule has 1 saturated heterocycles. The van der Waals surface area contributed by atoms with E-state index in [0.29, 0.717) is 0 Å². The maximum Gasteiger partial charge on any atom is 0.0297 e. The van der Waals surface area contributed by atoms with E-state index in [1.807, 2.05) is 0 Å².